The zero-order valence-electron chi connectivity index (χ0n) is 17.0. The number of ether oxygens (including phenoxy) is 2. The summed E-state index contributed by atoms with van der Waals surface area (Å²) in [7, 11) is -3.66. The van der Waals surface area contributed by atoms with E-state index in [4.69, 9.17) is 4.74 Å². The minimum atomic E-state index is -3.66. The maximum Gasteiger partial charge on any atom is 0.387 e. The molecule has 1 amide bonds. The lowest BCUT2D eigenvalue weighted by Crippen LogP contribution is -2.35. The second kappa shape index (κ2) is 10.5. The number of rotatable bonds is 8. The quantitative estimate of drug-likeness (QED) is 0.597. The van der Waals surface area contributed by atoms with Crippen LogP contribution in [0.5, 0.6) is 5.75 Å². The van der Waals surface area contributed by atoms with Gasteiger partial charge in [0, 0.05) is 18.8 Å². The standard InChI is InChI=1S/C21H22F2N2O6S/c22-21(23)31-17-8-4-6-15(12-17)20(27)30-14-19(26)24-16-7-5-9-18(13-16)32(28,29)25-10-2-1-3-11-25/h4-9,12-13,21H,1-3,10-11,14H2,(H,24,26). The number of hydrogen-bond donors (Lipinski definition) is 1. The third-order valence-electron chi connectivity index (χ3n) is 4.70. The SMILES string of the molecule is O=C(COC(=O)c1cccc(OC(F)F)c1)Nc1cccc(S(=O)(=O)N2CCCCC2)c1. The van der Waals surface area contributed by atoms with Crippen LogP contribution in [0.4, 0.5) is 14.5 Å². The van der Waals surface area contributed by atoms with E-state index < -0.39 is 35.1 Å². The van der Waals surface area contributed by atoms with Crippen LogP contribution in [0.3, 0.4) is 0 Å². The van der Waals surface area contributed by atoms with E-state index in [1.807, 2.05) is 0 Å². The number of anilines is 1. The van der Waals surface area contributed by atoms with Gasteiger partial charge in [0.15, 0.2) is 6.61 Å². The minimum Gasteiger partial charge on any atom is -0.452 e. The van der Waals surface area contributed by atoms with Gasteiger partial charge in [-0.25, -0.2) is 13.2 Å². The molecule has 1 heterocycles. The summed E-state index contributed by atoms with van der Waals surface area (Å²) in [5, 5.41) is 2.48. The van der Waals surface area contributed by atoms with Gasteiger partial charge >= 0.3 is 12.6 Å². The van der Waals surface area contributed by atoms with Gasteiger partial charge in [-0.15, -0.1) is 0 Å². The molecule has 1 fully saturated rings. The molecule has 0 aromatic heterocycles. The number of sulfonamides is 1. The van der Waals surface area contributed by atoms with Gasteiger partial charge in [0.2, 0.25) is 10.0 Å². The Hall–Kier alpha value is -3.05. The highest BCUT2D eigenvalue weighted by Crippen LogP contribution is 2.23. The average molecular weight is 468 g/mol. The molecule has 0 saturated carbocycles. The molecular formula is C21H22F2N2O6S. The molecule has 0 bridgehead atoms. The van der Waals surface area contributed by atoms with E-state index in [2.05, 4.69) is 10.1 Å². The van der Waals surface area contributed by atoms with Crippen molar-refractivity contribution in [2.45, 2.75) is 30.8 Å². The lowest BCUT2D eigenvalue weighted by molar-refractivity contribution is -0.119. The molecule has 0 aliphatic carbocycles. The maximum atomic E-state index is 12.8. The van der Waals surface area contributed by atoms with Gasteiger partial charge in [-0.05, 0) is 49.2 Å². The Bertz CT molecular complexity index is 1070. The summed E-state index contributed by atoms with van der Waals surface area (Å²) in [6.07, 6.45) is 2.60. The highest BCUT2D eigenvalue weighted by Gasteiger charge is 2.26. The molecule has 0 unspecified atom stereocenters. The van der Waals surface area contributed by atoms with Gasteiger partial charge in [-0.3, -0.25) is 4.79 Å². The van der Waals surface area contributed by atoms with Crippen LogP contribution in [-0.2, 0) is 19.6 Å². The molecule has 0 radical (unpaired) electrons. The number of hydrogen-bond acceptors (Lipinski definition) is 6. The number of halogens is 2. The lowest BCUT2D eigenvalue weighted by atomic mass is 10.2. The van der Waals surface area contributed by atoms with Crippen molar-refractivity contribution in [3.8, 4) is 5.75 Å². The normalized spacial score (nSPS) is 14.7. The van der Waals surface area contributed by atoms with Crippen molar-refractivity contribution in [1.29, 1.82) is 0 Å². The molecule has 1 saturated heterocycles. The van der Waals surface area contributed by atoms with E-state index in [0.29, 0.717) is 13.1 Å². The second-order valence-corrected chi connectivity index (χ2v) is 8.96. The van der Waals surface area contributed by atoms with E-state index in [1.54, 1.807) is 0 Å². The highest BCUT2D eigenvalue weighted by atomic mass is 32.2. The molecular weight excluding hydrogens is 446 g/mol. The predicted molar refractivity (Wildman–Crippen MR) is 111 cm³/mol. The average Bonchev–Trinajstić information content (AvgIpc) is 2.78. The Labute approximate surface area is 184 Å². The Morgan fingerprint density at radius 3 is 2.47 bits per heavy atom. The van der Waals surface area contributed by atoms with Crippen molar-refractivity contribution in [3.63, 3.8) is 0 Å². The van der Waals surface area contributed by atoms with Gasteiger partial charge in [-0.1, -0.05) is 18.6 Å². The zero-order valence-corrected chi connectivity index (χ0v) is 17.8. The van der Waals surface area contributed by atoms with Crippen molar-refractivity contribution in [1.82, 2.24) is 4.31 Å². The number of carbonyl (C=O) groups excluding carboxylic acids is 2. The van der Waals surface area contributed by atoms with Crippen molar-refractivity contribution in [3.05, 3.63) is 54.1 Å². The van der Waals surface area contributed by atoms with Crippen LogP contribution in [0.1, 0.15) is 29.6 Å². The van der Waals surface area contributed by atoms with Crippen molar-refractivity contribution >= 4 is 27.6 Å². The smallest absolute Gasteiger partial charge is 0.387 e. The molecule has 2 aromatic carbocycles. The number of esters is 1. The van der Waals surface area contributed by atoms with Crippen LogP contribution in [0, 0.1) is 0 Å². The molecule has 1 N–H and O–H groups in total. The van der Waals surface area contributed by atoms with Crippen molar-refractivity contribution in [2.75, 3.05) is 25.0 Å². The van der Waals surface area contributed by atoms with E-state index >= 15 is 0 Å². The van der Waals surface area contributed by atoms with Crippen molar-refractivity contribution < 1.29 is 36.3 Å². The summed E-state index contributed by atoms with van der Waals surface area (Å²) in [5.74, 6) is -1.81. The van der Waals surface area contributed by atoms with Gasteiger partial charge in [-0.2, -0.15) is 13.1 Å². The number of piperidine rings is 1. The van der Waals surface area contributed by atoms with E-state index in [0.717, 1.165) is 25.3 Å². The molecule has 0 atom stereocenters. The summed E-state index contributed by atoms with van der Waals surface area (Å²) in [4.78, 5) is 24.3. The van der Waals surface area contributed by atoms with Crippen LogP contribution in [-0.4, -0.2) is 50.9 Å². The first kappa shape index (κ1) is 23.6. The first-order valence-electron chi connectivity index (χ1n) is 9.88. The fourth-order valence-corrected chi connectivity index (χ4v) is 4.76. The van der Waals surface area contributed by atoms with Gasteiger partial charge in [0.25, 0.3) is 5.91 Å². The second-order valence-electron chi connectivity index (χ2n) is 7.02. The molecule has 172 valence electrons. The first-order valence-corrected chi connectivity index (χ1v) is 11.3. The van der Waals surface area contributed by atoms with Crippen LogP contribution < -0.4 is 10.1 Å². The van der Waals surface area contributed by atoms with Crippen LogP contribution >= 0.6 is 0 Å². The number of nitrogens with zero attached hydrogens (tertiary/aromatic N) is 1. The summed E-state index contributed by atoms with van der Waals surface area (Å²) < 4.78 is 60.7. The first-order chi connectivity index (χ1) is 15.3. The Kier molecular flexibility index (Phi) is 7.75. The van der Waals surface area contributed by atoms with Gasteiger partial charge in [0.1, 0.15) is 5.75 Å². The number of amides is 1. The Balaban J connectivity index is 1.58. The predicted octanol–water partition coefficient (Wildman–Crippen LogP) is 3.26. The molecule has 3 rings (SSSR count). The fraction of sp³-hybridized carbons (Fsp3) is 0.333. The van der Waals surface area contributed by atoms with Gasteiger partial charge in [0.05, 0.1) is 10.5 Å². The molecule has 0 spiro atoms. The van der Waals surface area contributed by atoms with Crippen LogP contribution in [0.2, 0.25) is 0 Å². The molecule has 1 aliphatic heterocycles. The third-order valence-corrected chi connectivity index (χ3v) is 6.59. The van der Waals surface area contributed by atoms with Crippen molar-refractivity contribution in [2.24, 2.45) is 0 Å². The Morgan fingerprint density at radius 1 is 1.03 bits per heavy atom. The summed E-state index contributed by atoms with van der Waals surface area (Å²) in [5.41, 5.74) is 0.169. The van der Waals surface area contributed by atoms with Crippen LogP contribution in [0.15, 0.2) is 53.4 Å². The van der Waals surface area contributed by atoms with Crippen LogP contribution in [0.25, 0.3) is 0 Å². The maximum absolute atomic E-state index is 12.8. The molecule has 8 nitrogen and oxygen atoms in total. The van der Waals surface area contributed by atoms with Gasteiger partial charge < -0.3 is 14.8 Å². The summed E-state index contributed by atoms with van der Waals surface area (Å²) >= 11 is 0. The monoisotopic (exact) mass is 468 g/mol. The molecule has 2 aromatic rings. The number of alkyl halides is 2. The minimum absolute atomic E-state index is 0.0602. The number of benzene rings is 2. The fourth-order valence-electron chi connectivity index (χ4n) is 3.20. The zero-order chi connectivity index (χ0) is 23.1. The molecule has 11 heteroatoms. The number of carbonyl (C=O) groups is 2. The third kappa shape index (κ3) is 6.24. The molecule has 32 heavy (non-hydrogen) atoms. The summed E-state index contributed by atoms with van der Waals surface area (Å²) in [6, 6.07) is 10.8. The van der Waals surface area contributed by atoms with E-state index in [-0.39, 0.29) is 21.9 Å². The highest BCUT2D eigenvalue weighted by molar-refractivity contribution is 7.89. The lowest BCUT2D eigenvalue weighted by Gasteiger charge is -2.26. The van der Waals surface area contributed by atoms with E-state index in [1.165, 1.54) is 46.8 Å². The Morgan fingerprint density at radius 2 is 1.75 bits per heavy atom. The largest absolute Gasteiger partial charge is 0.452 e. The topological polar surface area (TPSA) is 102 Å². The number of nitrogens with one attached hydrogen (secondary N) is 1. The summed E-state index contributed by atoms with van der Waals surface area (Å²) in [6.45, 7) is -2.78. The molecule has 1 aliphatic rings. The van der Waals surface area contributed by atoms with E-state index in [9.17, 15) is 26.8 Å².